The first-order valence-corrected chi connectivity index (χ1v) is 10.7. The van der Waals surface area contributed by atoms with Crippen LogP contribution < -0.4 is 16.6 Å². The molecule has 0 bridgehead atoms. The average Bonchev–Trinajstić information content (AvgIpc) is 2.81. The summed E-state index contributed by atoms with van der Waals surface area (Å²) in [6.07, 6.45) is -3.59. The number of ether oxygens (including phenoxy) is 2. The van der Waals surface area contributed by atoms with Gasteiger partial charge in [-0.25, -0.2) is 9.18 Å². The number of aromatic nitrogens is 2. The number of amides is 1. The van der Waals surface area contributed by atoms with E-state index in [1.165, 1.54) is 17.9 Å². The highest BCUT2D eigenvalue weighted by Gasteiger charge is 2.34. The van der Waals surface area contributed by atoms with Crippen LogP contribution in [0.15, 0.2) is 34.0 Å². The molecule has 9 nitrogen and oxygen atoms in total. The Bertz CT molecular complexity index is 1130. The number of nitrogens with zero attached hydrogens (tertiary/aromatic N) is 2. The molecule has 35 heavy (non-hydrogen) atoms. The number of carbonyl (C=O) groups is 1. The number of halogens is 4. The minimum absolute atomic E-state index is 0.0411. The molecule has 2 rings (SSSR count). The second-order valence-corrected chi connectivity index (χ2v) is 7.63. The number of carbonyl (C=O) groups excluding carboxylic acids is 1. The van der Waals surface area contributed by atoms with Crippen LogP contribution in [0, 0.1) is 12.7 Å². The Kier molecular flexibility index (Phi) is 10.2. The van der Waals surface area contributed by atoms with Gasteiger partial charge in [-0.2, -0.15) is 13.2 Å². The maximum Gasteiger partial charge on any atom is 0.419 e. The molecule has 1 unspecified atom stereocenters. The van der Waals surface area contributed by atoms with E-state index in [0.717, 1.165) is 10.6 Å². The van der Waals surface area contributed by atoms with Crippen molar-refractivity contribution in [3.63, 3.8) is 0 Å². The molecule has 1 aromatic heterocycles. The summed E-state index contributed by atoms with van der Waals surface area (Å²) in [5.41, 5.74) is -2.59. The van der Waals surface area contributed by atoms with Crippen molar-refractivity contribution in [3.05, 3.63) is 67.7 Å². The van der Waals surface area contributed by atoms with E-state index in [0.29, 0.717) is 24.1 Å². The number of aliphatic hydroxyl groups excluding tert-OH is 1. The Morgan fingerprint density at radius 1 is 1.20 bits per heavy atom. The number of aliphatic hydroxyl groups is 1. The second-order valence-electron chi connectivity index (χ2n) is 7.63. The van der Waals surface area contributed by atoms with Gasteiger partial charge >= 0.3 is 11.9 Å². The first kappa shape index (κ1) is 28.2. The molecule has 0 spiro atoms. The van der Waals surface area contributed by atoms with Crippen LogP contribution in [0.5, 0.6) is 0 Å². The number of hydrogen-bond acceptors (Lipinski definition) is 6. The van der Waals surface area contributed by atoms with Crippen molar-refractivity contribution in [3.8, 4) is 0 Å². The fourth-order valence-corrected chi connectivity index (χ4v) is 3.20. The van der Waals surface area contributed by atoms with Gasteiger partial charge in [0.15, 0.2) is 0 Å². The highest BCUT2D eigenvalue weighted by molar-refractivity contribution is 5.94. The monoisotopic (exact) mass is 505 g/mol. The van der Waals surface area contributed by atoms with Gasteiger partial charge in [0, 0.05) is 37.5 Å². The molecular weight excluding hydrogens is 478 g/mol. The fourth-order valence-electron chi connectivity index (χ4n) is 3.20. The van der Waals surface area contributed by atoms with Crippen molar-refractivity contribution in [1.82, 2.24) is 14.5 Å². The van der Waals surface area contributed by atoms with Gasteiger partial charge in [0.1, 0.15) is 5.82 Å². The van der Waals surface area contributed by atoms with Gasteiger partial charge in [0.05, 0.1) is 38.0 Å². The van der Waals surface area contributed by atoms with E-state index in [-0.39, 0.29) is 45.0 Å². The van der Waals surface area contributed by atoms with Crippen LogP contribution in [-0.2, 0) is 28.7 Å². The summed E-state index contributed by atoms with van der Waals surface area (Å²) in [5.74, 6) is -2.32. The van der Waals surface area contributed by atoms with Crippen LogP contribution in [0.1, 0.15) is 27.9 Å². The zero-order valence-electron chi connectivity index (χ0n) is 19.2. The lowest BCUT2D eigenvalue weighted by atomic mass is 10.1. The van der Waals surface area contributed by atoms with Gasteiger partial charge < -0.3 is 24.5 Å². The van der Waals surface area contributed by atoms with Crippen LogP contribution >= 0.6 is 0 Å². The normalized spacial score (nSPS) is 12.5. The van der Waals surface area contributed by atoms with Crippen molar-refractivity contribution >= 4 is 5.91 Å². The molecule has 0 aliphatic heterocycles. The zero-order valence-corrected chi connectivity index (χ0v) is 19.2. The third-order valence-corrected chi connectivity index (χ3v) is 5.16. The molecule has 1 atom stereocenters. The van der Waals surface area contributed by atoms with Crippen LogP contribution in [0.25, 0.3) is 0 Å². The highest BCUT2D eigenvalue weighted by Crippen LogP contribution is 2.31. The van der Waals surface area contributed by atoms with Gasteiger partial charge in [-0.05, 0) is 31.5 Å². The Hall–Kier alpha value is -3.03. The smallest absolute Gasteiger partial charge is 0.394 e. The molecule has 13 heteroatoms. The van der Waals surface area contributed by atoms with Crippen LogP contribution in [0.2, 0.25) is 0 Å². The topological polar surface area (TPSA) is 112 Å². The minimum Gasteiger partial charge on any atom is -0.394 e. The molecule has 1 aromatic carbocycles. The van der Waals surface area contributed by atoms with E-state index < -0.39 is 40.8 Å². The number of methoxy groups -OCH3 is 1. The van der Waals surface area contributed by atoms with Crippen LogP contribution in [0.4, 0.5) is 17.6 Å². The largest absolute Gasteiger partial charge is 0.419 e. The van der Waals surface area contributed by atoms with Crippen molar-refractivity contribution < 1.29 is 36.9 Å². The van der Waals surface area contributed by atoms with E-state index in [1.807, 2.05) is 0 Å². The molecule has 1 amide bonds. The maximum atomic E-state index is 13.3. The van der Waals surface area contributed by atoms with E-state index in [4.69, 9.17) is 9.47 Å². The molecule has 2 N–H and O–H groups in total. The summed E-state index contributed by atoms with van der Waals surface area (Å²) in [6.45, 7) is 1.37. The number of aryl methyl sites for hydroxylation is 2. The minimum atomic E-state index is -4.93. The van der Waals surface area contributed by atoms with E-state index in [1.54, 1.807) is 6.92 Å². The predicted octanol–water partition coefficient (Wildman–Crippen LogP) is 1.32. The molecule has 0 saturated heterocycles. The Morgan fingerprint density at radius 3 is 2.54 bits per heavy atom. The summed E-state index contributed by atoms with van der Waals surface area (Å²) in [7, 11) is 1.44. The molecule has 0 fully saturated rings. The number of benzene rings is 1. The van der Waals surface area contributed by atoms with Crippen molar-refractivity contribution in [1.29, 1.82) is 0 Å². The Morgan fingerprint density at radius 2 is 1.91 bits per heavy atom. The summed E-state index contributed by atoms with van der Waals surface area (Å²) in [4.78, 5) is 37.0. The number of rotatable bonds is 12. The van der Waals surface area contributed by atoms with Gasteiger partial charge in [-0.15, -0.1) is 0 Å². The third kappa shape index (κ3) is 7.73. The van der Waals surface area contributed by atoms with Crippen molar-refractivity contribution in [2.45, 2.75) is 38.7 Å². The van der Waals surface area contributed by atoms with Gasteiger partial charge in [-0.3, -0.25) is 14.2 Å². The molecule has 194 valence electrons. The maximum absolute atomic E-state index is 13.3. The SMILES string of the molecule is COC(CO)CCn1cc(C)c(=O)n(CCOCCNC(=O)c2ccc(F)c(C(F)(F)F)c2)c1=O. The lowest BCUT2D eigenvalue weighted by Crippen LogP contribution is -2.42. The Balaban J connectivity index is 1.88. The average molecular weight is 505 g/mol. The molecule has 2 aromatic rings. The standard InChI is InChI=1S/C22H27F4N3O6/c1-14-12-28(7-5-16(13-30)34-2)21(33)29(20(14)32)8-10-35-9-6-27-19(31)15-3-4-18(23)17(11-15)22(24,25)26/h3-4,11-12,16,30H,5-10,13H2,1-2H3,(H,27,31). The quantitative estimate of drug-likeness (QED) is 0.333. The summed E-state index contributed by atoms with van der Waals surface area (Å²) in [6, 6.07) is 1.93. The van der Waals surface area contributed by atoms with Crippen LogP contribution in [-0.4, -0.2) is 59.7 Å². The second kappa shape index (κ2) is 12.6. The zero-order chi connectivity index (χ0) is 26.2. The van der Waals surface area contributed by atoms with E-state index in [2.05, 4.69) is 5.32 Å². The fraction of sp³-hybridized carbons (Fsp3) is 0.500. The molecule has 0 aliphatic rings. The van der Waals surface area contributed by atoms with Gasteiger partial charge in [-0.1, -0.05) is 0 Å². The molecular formula is C22H27F4N3O6. The van der Waals surface area contributed by atoms with Crippen LogP contribution in [0.3, 0.4) is 0 Å². The molecule has 0 radical (unpaired) electrons. The molecule has 0 aliphatic carbocycles. The third-order valence-electron chi connectivity index (χ3n) is 5.16. The Labute approximate surface area is 197 Å². The predicted molar refractivity (Wildman–Crippen MR) is 117 cm³/mol. The summed E-state index contributed by atoms with van der Waals surface area (Å²) >= 11 is 0. The first-order valence-electron chi connectivity index (χ1n) is 10.7. The van der Waals surface area contributed by atoms with Gasteiger partial charge in [0.2, 0.25) is 0 Å². The number of nitrogens with one attached hydrogen (secondary N) is 1. The summed E-state index contributed by atoms with van der Waals surface area (Å²) < 4.78 is 64.4. The van der Waals surface area contributed by atoms with Gasteiger partial charge in [0.25, 0.3) is 11.5 Å². The van der Waals surface area contributed by atoms with E-state index in [9.17, 15) is 37.1 Å². The lowest BCUT2D eigenvalue weighted by molar-refractivity contribution is -0.140. The first-order chi connectivity index (χ1) is 16.5. The molecule has 1 heterocycles. The highest BCUT2D eigenvalue weighted by atomic mass is 19.4. The van der Waals surface area contributed by atoms with Crippen molar-refractivity contribution in [2.75, 3.05) is 33.5 Å². The number of alkyl halides is 3. The van der Waals surface area contributed by atoms with Crippen molar-refractivity contribution in [2.24, 2.45) is 0 Å². The molecule has 0 saturated carbocycles. The number of hydrogen-bond donors (Lipinski definition) is 2. The van der Waals surface area contributed by atoms with E-state index >= 15 is 0 Å². The lowest BCUT2D eigenvalue weighted by Gasteiger charge is -2.15. The summed E-state index contributed by atoms with van der Waals surface area (Å²) in [5, 5.41) is 11.6.